The fourth-order valence-electron chi connectivity index (χ4n) is 2.32. The molecule has 1 heterocycles. The molecule has 0 atom stereocenters. The highest BCUT2D eigenvalue weighted by Crippen LogP contribution is 2.27. The van der Waals surface area contributed by atoms with E-state index < -0.39 is 0 Å². The average Bonchev–Trinajstić information content (AvgIpc) is 2.49. The van der Waals surface area contributed by atoms with Crippen molar-refractivity contribution in [1.82, 2.24) is 9.97 Å². The first-order valence-corrected chi connectivity index (χ1v) is 7.19. The van der Waals surface area contributed by atoms with Crippen molar-refractivity contribution < 1.29 is 4.39 Å². The van der Waals surface area contributed by atoms with E-state index in [0.717, 1.165) is 22.9 Å². The van der Waals surface area contributed by atoms with E-state index in [1.54, 1.807) is 13.0 Å². The zero-order valence-electron chi connectivity index (χ0n) is 11.8. The smallest absolute Gasteiger partial charge is 0.161 e. The Hall–Kier alpha value is -2.00. The first-order chi connectivity index (χ1) is 10.1. The Morgan fingerprint density at radius 2 is 1.95 bits per heavy atom. The van der Waals surface area contributed by atoms with Crippen LogP contribution in [0.5, 0.6) is 0 Å². The fraction of sp³-hybridized carbons (Fsp3) is 0.176. The summed E-state index contributed by atoms with van der Waals surface area (Å²) < 4.78 is 13.7. The molecule has 3 rings (SSSR count). The van der Waals surface area contributed by atoms with Gasteiger partial charge in [-0.15, -0.1) is 0 Å². The fourth-order valence-corrected chi connectivity index (χ4v) is 2.55. The van der Waals surface area contributed by atoms with Crippen LogP contribution in [0.2, 0.25) is 5.15 Å². The number of hydrogen-bond donors (Lipinski definition) is 0. The summed E-state index contributed by atoms with van der Waals surface area (Å²) in [5, 5.41) is 1.22. The third kappa shape index (κ3) is 2.49. The molecule has 0 N–H and O–H groups in total. The van der Waals surface area contributed by atoms with Crippen molar-refractivity contribution in [2.75, 3.05) is 0 Å². The number of hydrogen-bond acceptors (Lipinski definition) is 2. The predicted molar refractivity (Wildman–Crippen MR) is 84.1 cm³/mol. The summed E-state index contributed by atoms with van der Waals surface area (Å²) in [6.07, 6.45) is 0.854. The van der Waals surface area contributed by atoms with E-state index in [1.807, 2.05) is 24.3 Å². The number of fused-ring (bicyclic) bond motifs is 1. The van der Waals surface area contributed by atoms with Crippen LogP contribution in [0.25, 0.3) is 22.3 Å². The van der Waals surface area contributed by atoms with Crippen molar-refractivity contribution in [1.29, 1.82) is 0 Å². The Balaban J connectivity index is 2.26. The van der Waals surface area contributed by atoms with Gasteiger partial charge in [-0.1, -0.05) is 42.8 Å². The summed E-state index contributed by atoms with van der Waals surface area (Å²) in [4.78, 5) is 8.89. The van der Waals surface area contributed by atoms with Crippen LogP contribution in [0.1, 0.15) is 18.1 Å². The highest BCUT2D eigenvalue weighted by atomic mass is 35.5. The molecule has 2 nitrogen and oxygen atoms in total. The summed E-state index contributed by atoms with van der Waals surface area (Å²) in [6, 6.07) is 10.8. The van der Waals surface area contributed by atoms with Crippen LogP contribution in [0.15, 0.2) is 36.4 Å². The number of aryl methyl sites for hydroxylation is 2. The second-order valence-corrected chi connectivity index (χ2v) is 5.33. The molecule has 0 fully saturated rings. The molecule has 21 heavy (non-hydrogen) atoms. The summed E-state index contributed by atoms with van der Waals surface area (Å²) in [6.45, 7) is 3.79. The lowest BCUT2D eigenvalue weighted by molar-refractivity contribution is 0.619. The van der Waals surface area contributed by atoms with Gasteiger partial charge in [0.05, 0.1) is 5.52 Å². The maximum absolute atomic E-state index is 13.7. The van der Waals surface area contributed by atoms with Gasteiger partial charge in [-0.25, -0.2) is 14.4 Å². The molecule has 2 aromatic carbocycles. The number of aromatic nitrogens is 2. The minimum absolute atomic E-state index is 0.268. The molecule has 3 aromatic rings. The van der Waals surface area contributed by atoms with Gasteiger partial charge < -0.3 is 0 Å². The van der Waals surface area contributed by atoms with Gasteiger partial charge in [-0.3, -0.25) is 0 Å². The molecule has 0 aliphatic rings. The molecule has 0 spiro atoms. The van der Waals surface area contributed by atoms with E-state index in [1.165, 1.54) is 6.07 Å². The van der Waals surface area contributed by atoms with Crippen LogP contribution in [-0.2, 0) is 6.42 Å². The molecule has 4 heteroatoms. The van der Waals surface area contributed by atoms with Crippen molar-refractivity contribution >= 4 is 22.5 Å². The predicted octanol–water partition coefficient (Wildman–Crippen LogP) is 4.96. The normalized spacial score (nSPS) is 11.0. The van der Waals surface area contributed by atoms with Crippen LogP contribution in [0.3, 0.4) is 0 Å². The number of rotatable bonds is 2. The first-order valence-electron chi connectivity index (χ1n) is 6.82. The van der Waals surface area contributed by atoms with E-state index in [0.29, 0.717) is 22.1 Å². The SMILES string of the molecule is CCc1cccc2c(Cl)nc(-c3ccc(C)c(F)c3)nc12. The summed E-state index contributed by atoms with van der Waals surface area (Å²) in [5.41, 5.74) is 3.16. The summed E-state index contributed by atoms with van der Waals surface area (Å²) in [7, 11) is 0. The van der Waals surface area contributed by atoms with Gasteiger partial charge in [-0.05, 0) is 36.6 Å². The van der Waals surface area contributed by atoms with Gasteiger partial charge in [0.25, 0.3) is 0 Å². The molecule has 106 valence electrons. The quantitative estimate of drug-likeness (QED) is 0.625. The second-order valence-electron chi connectivity index (χ2n) is 4.97. The van der Waals surface area contributed by atoms with Crippen molar-refractivity contribution in [3.63, 3.8) is 0 Å². The van der Waals surface area contributed by atoms with Gasteiger partial charge in [0, 0.05) is 10.9 Å². The largest absolute Gasteiger partial charge is 0.228 e. The molecule has 0 radical (unpaired) electrons. The number of nitrogens with zero attached hydrogens (tertiary/aromatic N) is 2. The lowest BCUT2D eigenvalue weighted by Crippen LogP contribution is -1.96. The van der Waals surface area contributed by atoms with Crippen molar-refractivity contribution in [3.05, 3.63) is 58.5 Å². The van der Waals surface area contributed by atoms with Gasteiger partial charge >= 0.3 is 0 Å². The molecular formula is C17H14ClFN2. The molecule has 0 saturated carbocycles. The van der Waals surface area contributed by atoms with Crippen LogP contribution in [0, 0.1) is 12.7 Å². The van der Waals surface area contributed by atoms with E-state index in [-0.39, 0.29) is 5.82 Å². The Morgan fingerprint density at radius 1 is 1.14 bits per heavy atom. The van der Waals surface area contributed by atoms with Crippen LogP contribution >= 0.6 is 11.6 Å². The molecule has 0 bridgehead atoms. The standard InChI is InChI=1S/C17H14ClFN2/c1-3-11-5-4-6-13-15(11)20-17(21-16(13)18)12-8-7-10(2)14(19)9-12/h4-9H,3H2,1-2H3. The highest BCUT2D eigenvalue weighted by molar-refractivity contribution is 6.34. The Kier molecular flexibility index (Phi) is 3.60. The van der Waals surface area contributed by atoms with Crippen molar-refractivity contribution in [2.24, 2.45) is 0 Å². The van der Waals surface area contributed by atoms with E-state index in [4.69, 9.17) is 11.6 Å². The Morgan fingerprint density at radius 3 is 2.67 bits per heavy atom. The first kappa shape index (κ1) is 14.0. The molecule has 0 aliphatic heterocycles. The zero-order chi connectivity index (χ0) is 15.0. The average molecular weight is 301 g/mol. The highest BCUT2D eigenvalue weighted by Gasteiger charge is 2.11. The van der Waals surface area contributed by atoms with Crippen LogP contribution in [-0.4, -0.2) is 9.97 Å². The maximum atomic E-state index is 13.7. The molecule has 0 saturated heterocycles. The van der Waals surface area contributed by atoms with Crippen LogP contribution < -0.4 is 0 Å². The van der Waals surface area contributed by atoms with Gasteiger partial charge in [-0.2, -0.15) is 0 Å². The molecule has 0 unspecified atom stereocenters. The topological polar surface area (TPSA) is 25.8 Å². The van der Waals surface area contributed by atoms with Gasteiger partial charge in [0.2, 0.25) is 0 Å². The van der Waals surface area contributed by atoms with E-state index >= 15 is 0 Å². The van der Waals surface area contributed by atoms with Gasteiger partial charge in [0.1, 0.15) is 11.0 Å². The number of benzene rings is 2. The third-order valence-corrected chi connectivity index (χ3v) is 3.86. The number of halogens is 2. The lowest BCUT2D eigenvalue weighted by Gasteiger charge is -2.08. The van der Waals surface area contributed by atoms with Gasteiger partial charge in [0.15, 0.2) is 5.82 Å². The Labute approximate surface area is 127 Å². The monoisotopic (exact) mass is 300 g/mol. The maximum Gasteiger partial charge on any atom is 0.161 e. The molecule has 1 aromatic heterocycles. The summed E-state index contributed by atoms with van der Waals surface area (Å²) in [5.74, 6) is 0.184. The second kappa shape index (κ2) is 5.41. The lowest BCUT2D eigenvalue weighted by atomic mass is 10.1. The summed E-state index contributed by atoms with van der Waals surface area (Å²) >= 11 is 6.27. The van der Waals surface area contributed by atoms with Crippen LogP contribution in [0.4, 0.5) is 4.39 Å². The van der Waals surface area contributed by atoms with E-state index in [2.05, 4.69) is 16.9 Å². The Bertz CT molecular complexity index is 830. The third-order valence-electron chi connectivity index (χ3n) is 3.57. The molecule has 0 amide bonds. The van der Waals surface area contributed by atoms with Crippen molar-refractivity contribution in [3.8, 4) is 11.4 Å². The minimum atomic E-state index is -0.268. The molecular weight excluding hydrogens is 287 g/mol. The van der Waals surface area contributed by atoms with Crippen molar-refractivity contribution in [2.45, 2.75) is 20.3 Å². The minimum Gasteiger partial charge on any atom is -0.228 e. The van der Waals surface area contributed by atoms with E-state index in [9.17, 15) is 4.39 Å². The molecule has 0 aliphatic carbocycles. The number of para-hydroxylation sites is 1. The zero-order valence-corrected chi connectivity index (χ0v) is 12.6.